The van der Waals surface area contributed by atoms with Crippen LogP contribution in [0.25, 0.3) is 10.2 Å². The maximum atomic E-state index is 12.2. The number of nitrogens with one attached hydrogen (secondary N) is 3. The Bertz CT molecular complexity index is 981. The number of rotatable bonds is 4. The number of nitrogens with zero attached hydrogens (tertiary/aromatic N) is 1. The third-order valence-electron chi connectivity index (χ3n) is 3.98. The van der Waals surface area contributed by atoms with E-state index in [0.29, 0.717) is 17.2 Å². The fraction of sp³-hybridized carbons (Fsp3) is 0.211. The molecule has 0 saturated heterocycles. The molecular formula is C19H20N4O2S. The van der Waals surface area contributed by atoms with Gasteiger partial charge in [-0.25, -0.2) is 9.78 Å². The number of hydrogen-bond acceptors (Lipinski definition) is 4. The van der Waals surface area contributed by atoms with Gasteiger partial charge in [0.05, 0.1) is 10.2 Å². The molecule has 0 bridgehead atoms. The summed E-state index contributed by atoms with van der Waals surface area (Å²) < 4.78 is 0.941. The molecule has 3 rings (SSSR count). The Balaban J connectivity index is 1.70. The number of carbonyl (C=O) groups is 2. The normalized spacial score (nSPS) is 10.6. The lowest BCUT2D eigenvalue weighted by atomic mass is 10.1. The number of urea groups is 1. The molecule has 3 amide bonds. The standard InChI is InChI=1S/C19H20N4O2S/c1-4-17(24)23-19-22-15-10-14(7-8-16(15)26-19)21-18(25)20-13-6-5-11(2)12(3)9-13/h5-10H,4H2,1-3H3,(H2,20,21,25)(H,22,23,24). The lowest BCUT2D eigenvalue weighted by Crippen LogP contribution is -2.19. The minimum Gasteiger partial charge on any atom is -0.308 e. The first-order chi connectivity index (χ1) is 12.4. The molecule has 7 heteroatoms. The van der Waals surface area contributed by atoms with E-state index in [1.165, 1.54) is 16.9 Å². The van der Waals surface area contributed by atoms with E-state index < -0.39 is 0 Å². The SMILES string of the molecule is CCC(=O)Nc1nc2cc(NC(=O)Nc3ccc(C)c(C)c3)ccc2s1. The van der Waals surface area contributed by atoms with Gasteiger partial charge in [0, 0.05) is 17.8 Å². The van der Waals surface area contributed by atoms with Crippen molar-refractivity contribution in [3.05, 3.63) is 47.5 Å². The van der Waals surface area contributed by atoms with Crippen molar-refractivity contribution in [3.63, 3.8) is 0 Å². The molecule has 3 N–H and O–H groups in total. The highest BCUT2D eigenvalue weighted by Gasteiger charge is 2.09. The minimum absolute atomic E-state index is 0.0739. The fourth-order valence-electron chi connectivity index (χ4n) is 2.38. The van der Waals surface area contributed by atoms with Crippen molar-refractivity contribution in [1.82, 2.24) is 4.98 Å². The van der Waals surface area contributed by atoms with Crippen LogP contribution in [0.15, 0.2) is 36.4 Å². The summed E-state index contributed by atoms with van der Waals surface area (Å²) in [5, 5.41) is 8.94. The van der Waals surface area contributed by atoms with Gasteiger partial charge in [-0.15, -0.1) is 0 Å². The third-order valence-corrected chi connectivity index (χ3v) is 4.93. The highest BCUT2D eigenvalue weighted by molar-refractivity contribution is 7.22. The molecular weight excluding hydrogens is 348 g/mol. The van der Waals surface area contributed by atoms with Crippen LogP contribution < -0.4 is 16.0 Å². The molecule has 0 aliphatic rings. The average molecular weight is 368 g/mol. The maximum Gasteiger partial charge on any atom is 0.323 e. The molecule has 0 fully saturated rings. The molecule has 1 aromatic heterocycles. The van der Waals surface area contributed by atoms with Crippen molar-refractivity contribution >= 4 is 50.0 Å². The predicted molar refractivity (Wildman–Crippen MR) is 107 cm³/mol. The van der Waals surface area contributed by atoms with E-state index in [9.17, 15) is 9.59 Å². The van der Waals surface area contributed by atoms with Crippen LogP contribution >= 0.6 is 11.3 Å². The zero-order valence-corrected chi connectivity index (χ0v) is 15.7. The molecule has 0 aliphatic carbocycles. The summed E-state index contributed by atoms with van der Waals surface area (Å²) in [7, 11) is 0. The summed E-state index contributed by atoms with van der Waals surface area (Å²) in [6.07, 6.45) is 0.404. The lowest BCUT2D eigenvalue weighted by Gasteiger charge is -2.09. The molecule has 2 aromatic carbocycles. The Hall–Kier alpha value is -2.93. The van der Waals surface area contributed by atoms with E-state index in [1.54, 1.807) is 13.0 Å². The summed E-state index contributed by atoms with van der Waals surface area (Å²) in [5.74, 6) is -0.0739. The number of carbonyl (C=O) groups excluding carboxylic acids is 2. The Kier molecular flexibility index (Phi) is 5.18. The summed E-state index contributed by atoms with van der Waals surface area (Å²) >= 11 is 1.40. The lowest BCUT2D eigenvalue weighted by molar-refractivity contribution is -0.115. The Morgan fingerprint density at radius 3 is 2.35 bits per heavy atom. The number of thiazole rings is 1. The summed E-state index contributed by atoms with van der Waals surface area (Å²) in [6.45, 7) is 5.82. The first-order valence-electron chi connectivity index (χ1n) is 8.30. The number of anilines is 3. The smallest absolute Gasteiger partial charge is 0.308 e. The quantitative estimate of drug-likeness (QED) is 0.612. The number of benzene rings is 2. The molecule has 0 atom stereocenters. The van der Waals surface area contributed by atoms with Crippen LogP contribution in [-0.4, -0.2) is 16.9 Å². The van der Waals surface area contributed by atoms with Gasteiger partial charge in [0.15, 0.2) is 5.13 Å². The zero-order chi connectivity index (χ0) is 18.7. The second-order valence-corrected chi connectivity index (χ2v) is 7.01. The van der Waals surface area contributed by atoms with Crippen LogP contribution in [0, 0.1) is 13.8 Å². The number of hydrogen-bond donors (Lipinski definition) is 3. The first kappa shape index (κ1) is 17.9. The number of aromatic nitrogens is 1. The molecule has 3 aromatic rings. The van der Waals surface area contributed by atoms with Crippen molar-refractivity contribution in [3.8, 4) is 0 Å². The Labute approximate surface area is 155 Å². The fourth-order valence-corrected chi connectivity index (χ4v) is 3.24. The molecule has 0 spiro atoms. The number of amides is 3. The van der Waals surface area contributed by atoms with Gasteiger partial charge in [0.2, 0.25) is 5.91 Å². The first-order valence-corrected chi connectivity index (χ1v) is 9.12. The molecule has 26 heavy (non-hydrogen) atoms. The van der Waals surface area contributed by atoms with E-state index >= 15 is 0 Å². The van der Waals surface area contributed by atoms with Crippen LogP contribution in [0.2, 0.25) is 0 Å². The van der Waals surface area contributed by atoms with Crippen molar-refractivity contribution < 1.29 is 9.59 Å². The summed E-state index contributed by atoms with van der Waals surface area (Å²) in [6, 6.07) is 10.9. The molecule has 134 valence electrons. The van der Waals surface area contributed by atoms with E-state index in [1.807, 2.05) is 44.2 Å². The van der Waals surface area contributed by atoms with Crippen molar-refractivity contribution in [2.45, 2.75) is 27.2 Å². The van der Waals surface area contributed by atoms with Crippen molar-refractivity contribution in [2.24, 2.45) is 0 Å². The Morgan fingerprint density at radius 1 is 0.962 bits per heavy atom. The minimum atomic E-state index is -0.317. The topological polar surface area (TPSA) is 83.1 Å². The van der Waals surface area contributed by atoms with Gasteiger partial charge >= 0.3 is 6.03 Å². The van der Waals surface area contributed by atoms with Crippen molar-refractivity contribution in [2.75, 3.05) is 16.0 Å². The van der Waals surface area contributed by atoms with Gasteiger partial charge in [-0.3, -0.25) is 4.79 Å². The average Bonchev–Trinajstić information content (AvgIpc) is 2.99. The highest BCUT2D eigenvalue weighted by Crippen LogP contribution is 2.28. The molecule has 6 nitrogen and oxygen atoms in total. The van der Waals surface area contributed by atoms with E-state index in [4.69, 9.17) is 0 Å². The molecule has 0 radical (unpaired) electrons. The third kappa shape index (κ3) is 4.18. The van der Waals surface area contributed by atoms with Crippen LogP contribution in [-0.2, 0) is 4.79 Å². The number of fused-ring (bicyclic) bond motifs is 1. The number of aryl methyl sites for hydroxylation is 2. The van der Waals surface area contributed by atoms with Crippen LogP contribution in [0.5, 0.6) is 0 Å². The molecule has 0 unspecified atom stereocenters. The van der Waals surface area contributed by atoms with Crippen molar-refractivity contribution in [1.29, 1.82) is 0 Å². The van der Waals surface area contributed by atoms with E-state index in [-0.39, 0.29) is 11.9 Å². The van der Waals surface area contributed by atoms with Crippen LogP contribution in [0.4, 0.5) is 21.3 Å². The predicted octanol–water partition coefficient (Wildman–Crippen LogP) is 4.91. The van der Waals surface area contributed by atoms with Gasteiger partial charge < -0.3 is 16.0 Å². The van der Waals surface area contributed by atoms with Gasteiger partial charge in [-0.05, 0) is 55.3 Å². The second kappa shape index (κ2) is 7.53. The highest BCUT2D eigenvalue weighted by atomic mass is 32.1. The summed E-state index contributed by atoms with van der Waals surface area (Å²) in [4.78, 5) is 28.1. The Morgan fingerprint density at radius 2 is 1.65 bits per heavy atom. The van der Waals surface area contributed by atoms with Crippen LogP contribution in [0.1, 0.15) is 24.5 Å². The second-order valence-electron chi connectivity index (χ2n) is 5.98. The maximum absolute atomic E-state index is 12.2. The zero-order valence-electron chi connectivity index (χ0n) is 14.8. The van der Waals surface area contributed by atoms with Gasteiger partial charge in [0.1, 0.15) is 0 Å². The molecule has 0 aliphatic heterocycles. The van der Waals surface area contributed by atoms with Gasteiger partial charge in [-0.2, -0.15) is 0 Å². The van der Waals surface area contributed by atoms with Gasteiger partial charge in [0.25, 0.3) is 0 Å². The van der Waals surface area contributed by atoms with Gasteiger partial charge in [-0.1, -0.05) is 24.3 Å². The van der Waals surface area contributed by atoms with E-state index in [0.717, 1.165) is 21.5 Å². The largest absolute Gasteiger partial charge is 0.323 e. The molecule has 1 heterocycles. The van der Waals surface area contributed by atoms with E-state index in [2.05, 4.69) is 20.9 Å². The molecule has 0 saturated carbocycles. The summed E-state index contributed by atoms with van der Waals surface area (Å²) in [5.41, 5.74) is 4.40. The van der Waals surface area contributed by atoms with Crippen LogP contribution in [0.3, 0.4) is 0 Å². The monoisotopic (exact) mass is 368 g/mol.